The summed E-state index contributed by atoms with van der Waals surface area (Å²) in [7, 11) is 0. The first-order valence-corrected chi connectivity index (χ1v) is 9.15. The van der Waals surface area contributed by atoms with Crippen LogP contribution in [0.3, 0.4) is 0 Å². The lowest BCUT2D eigenvalue weighted by atomic mass is 9.65. The zero-order valence-corrected chi connectivity index (χ0v) is 14.9. The molecule has 2 aliphatic rings. The van der Waals surface area contributed by atoms with Crippen molar-refractivity contribution in [2.75, 3.05) is 0 Å². The third kappa shape index (κ3) is 2.12. The zero-order chi connectivity index (χ0) is 16.0. The quantitative estimate of drug-likeness (QED) is 0.614. The van der Waals surface area contributed by atoms with Gasteiger partial charge in [-0.05, 0) is 68.3 Å². The second-order valence-corrected chi connectivity index (χ2v) is 7.37. The van der Waals surface area contributed by atoms with Crippen molar-refractivity contribution < 1.29 is 9.59 Å². The predicted octanol–water partition coefficient (Wildman–Crippen LogP) is 4.72. The molecule has 112 valence electrons. The van der Waals surface area contributed by atoms with Crippen molar-refractivity contribution in [3.05, 3.63) is 85.7 Å². The summed E-state index contributed by atoms with van der Waals surface area (Å²) >= 11 is 3.74. The van der Waals surface area contributed by atoms with Crippen LogP contribution in [0.2, 0.25) is 0 Å². The van der Waals surface area contributed by atoms with Crippen LogP contribution in [-0.4, -0.2) is 11.6 Å². The van der Waals surface area contributed by atoms with Crippen LogP contribution in [0, 0.1) is 0 Å². The molecule has 0 fully saturated rings. The Morgan fingerprint density at radius 3 is 2.43 bits per heavy atom. The van der Waals surface area contributed by atoms with E-state index in [0.717, 1.165) is 16.7 Å². The highest BCUT2D eigenvalue weighted by atomic mass is 127. The van der Waals surface area contributed by atoms with E-state index in [1.165, 1.54) is 0 Å². The standard InChI is InChI=1S/C19H11IO2S/c20-17-16(12-7-10-23-11-12)19(8-5-13(21)6-9-19)15-4-2-1-3-14(15)18(17)22/h1-11H. The molecule has 0 atom stereocenters. The second-order valence-electron chi connectivity index (χ2n) is 5.51. The third-order valence-corrected chi connectivity index (χ3v) is 5.99. The number of thiophene rings is 1. The van der Waals surface area contributed by atoms with E-state index in [2.05, 4.69) is 28.0 Å². The maximum absolute atomic E-state index is 12.8. The monoisotopic (exact) mass is 430 g/mol. The van der Waals surface area contributed by atoms with E-state index >= 15 is 0 Å². The van der Waals surface area contributed by atoms with Gasteiger partial charge in [-0.3, -0.25) is 9.59 Å². The Labute approximate surface area is 151 Å². The summed E-state index contributed by atoms with van der Waals surface area (Å²) in [5.74, 6) is 0.0245. The fourth-order valence-electron chi connectivity index (χ4n) is 3.25. The summed E-state index contributed by atoms with van der Waals surface area (Å²) in [4.78, 5) is 24.5. The average Bonchev–Trinajstić information content (AvgIpc) is 3.09. The van der Waals surface area contributed by atoms with Crippen LogP contribution in [0.4, 0.5) is 0 Å². The van der Waals surface area contributed by atoms with Gasteiger partial charge in [0.15, 0.2) is 11.6 Å². The molecule has 2 nitrogen and oxygen atoms in total. The Kier molecular flexibility index (Phi) is 3.46. The number of Topliss-reactive ketones (excluding diaryl/α,β-unsaturated/α-hetero) is 1. The van der Waals surface area contributed by atoms with Gasteiger partial charge >= 0.3 is 0 Å². The first-order valence-electron chi connectivity index (χ1n) is 7.13. The zero-order valence-electron chi connectivity index (χ0n) is 12.0. The van der Waals surface area contributed by atoms with Gasteiger partial charge in [-0.15, -0.1) is 0 Å². The van der Waals surface area contributed by atoms with Gasteiger partial charge in [0.2, 0.25) is 0 Å². The van der Waals surface area contributed by atoms with Crippen molar-refractivity contribution in [2.45, 2.75) is 5.41 Å². The Balaban J connectivity index is 2.09. The van der Waals surface area contributed by atoms with Gasteiger partial charge in [0.1, 0.15) is 0 Å². The molecular formula is C19H11IO2S. The maximum atomic E-state index is 12.8. The number of allylic oxidation sites excluding steroid dienone is 6. The molecule has 0 saturated carbocycles. The van der Waals surface area contributed by atoms with Crippen molar-refractivity contribution in [3.63, 3.8) is 0 Å². The number of fused-ring (bicyclic) bond motifs is 2. The SMILES string of the molecule is O=C1C=CC2(C=C1)C(c1ccsc1)=C(I)C(=O)c1ccccc12. The lowest BCUT2D eigenvalue weighted by molar-refractivity contribution is -0.110. The Morgan fingerprint density at radius 2 is 1.74 bits per heavy atom. The van der Waals surface area contributed by atoms with Crippen LogP contribution >= 0.6 is 33.9 Å². The molecule has 1 aromatic heterocycles. The summed E-state index contributed by atoms with van der Waals surface area (Å²) < 4.78 is 0.711. The molecule has 0 bridgehead atoms. The summed E-state index contributed by atoms with van der Waals surface area (Å²) in [6.45, 7) is 0. The van der Waals surface area contributed by atoms with E-state index < -0.39 is 5.41 Å². The smallest absolute Gasteiger partial charge is 0.199 e. The minimum atomic E-state index is -0.560. The first-order chi connectivity index (χ1) is 11.1. The summed E-state index contributed by atoms with van der Waals surface area (Å²) in [5, 5.41) is 4.06. The van der Waals surface area contributed by atoms with Crippen molar-refractivity contribution in [1.29, 1.82) is 0 Å². The fraction of sp³-hybridized carbons (Fsp3) is 0.0526. The molecule has 1 spiro atoms. The molecule has 0 aliphatic heterocycles. The van der Waals surface area contributed by atoms with Gasteiger partial charge in [0, 0.05) is 5.56 Å². The molecule has 0 amide bonds. The number of benzene rings is 1. The number of ketones is 2. The molecule has 0 N–H and O–H groups in total. The van der Waals surface area contributed by atoms with E-state index in [0.29, 0.717) is 9.14 Å². The molecule has 0 radical (unpaired) electrons. The van der Waals surface area contributed by atoms with Gasteiger partial charge in [-0.1, -0.05) is 36.4 Å². The van der Waals surface area contributed by atoms with E-state index in [1.807, 2.05) is 47.9 Å². The van der Waals surface area contributed by atoms with Crippen molar-refractivity contribution in [1.82, 2.24) is 0 Å². The van der Waals surface area contributed by atoms with Crippen molar-refractivity contribution in [2.24, 2.45) is 0 Å². The normalized spacial score (nSPS) is 18.7. The topological polar surface area (TPSA) is 34.1 Å². The minimum Gasteiger partial charge on any atom is -0.290 e. The summed E-state index contributed by atoms with van der Waals surface area (Å²) in [5.41, 5.74) is 3.08. The van der Waals surface area contributed by atoms with Gasteiger partial charge in [0.05, 0.1) is 8.99 Å². The number of rotatable bonds is 1. The molecule has 2 aliphatic carbocycles. The number of hydrogen-bond donors (Lipinski definition) is 0. The number of carbonyl (C=O) groups excluding carboxylic acids is 2. The Morgan fingerprint density at radius 1 is 1.00 bits per heavy atom. The molecular weight excluding hydrogens is 419 g/mol. The van der Waals surface area contributed by atoms with Crippen LogP contribution in [0.25, 0.3) is 5.57 Å². The van der Waals surface area contributed by atoms with Crippen LogP contribution in [0.1, 0.15) is 21.5 Å². The van der Waals surface area contributed by atoms with Gasteiger partial charge < -0.3 is 0 Å². The number of carbonyl (C=O) groups is 2. The molecule has 2 aromatic rings. The molecule has 1 heterocycles. The average molecular weight is 430 g/mol. The van der Waals surface area contributed by atoms with E-state index in [9.17, 15) is 9.59 Å². The first kappa shape index (κ1) is 14.8. The van der Waals surface area contributed by atoms with Crippen LogP contribution in [0.5, 0.6) is 0 Å². The maximum Gasteiger partial charge on any atom is 0.199 e. The lowest BCUT2D eigenvalue weighted by Gasteiger charge is -2.37. The van der Waals surface area contributed by atoms with Crippen LogP contribution in [0.15, 0.2) is 69.0 Å². The fourth-order valence-corrected chi connectivity index (χ4v) is 4.94. The second kappa shape index (κ2) is 5.39. The van der Waals surface area contributed by atoms with E-state index in [1.54, 1.807) is 23.5 Å². The molecule has 1 aromatic carbocycles. The van der Waals surface area contributed by atoms with E-state index in [-0.39, 0.29) is 11.6 Å². The number of halogens is 1. The third-order valence-electron chi connectivity index (χ3n) is 4.28. The molecule has 0 unspecified atom stereocenters. The molecule has 4 rings (SSSR count). The highest BCUT2D eigenvalue weighted by Gasteiger charge is 2.43. The predicted molar refractivity (Wildman–Crippen MR) is 101 cm³/mol. The van der Waals surface area contributed by atoms with Crippen LogP contribution in [-0.2, 0) is 10.2 Å². The lowest BCUT2D eigenvalue weighted by Crippen LogP contribution is -2.32. The van der Waals surface area contributed by atoms with Gasteiger partial charge in [0.25, 0.3) is 0 Å². The van der Waals surface area contributed by atoms with Crippen LogP contribution < -0.4 is 0 Å². The largest absolute Gasteiger partial charge is 0.290 e. The highest BCUT2D eigenvalue weighted by Crippen LogP contribution is 2.51. The summed E-state index contributed by atoms with van der Waals surface area (Å²) in [6, 6.07) is 9.69. The minimum absolute atomic E-state index is 0.0234. The van der Waals surface area contributed by atoms with Crippen molar-refractivity contribution >= 4 is 51.1 Å². The van der Waals surface area contributed by atoms with Gasteiger partial charge in [-0.25, -0.2) is 0 Å². The molecule has 0 saturated heterocycles. The Hall–Kier alpha value is -1.79. The Bertz CT molecular complexity index is 901. The molecule has 23 heavy (non-hydrogen) atoms. The van der Waals surface area contributed by atoms with E-state index in [4.69, 9.17) is 0 Å². The molecule has 4 heteroatoms. The summed E-state index contributed by atoms with van der Waals surface area (Å²) in [6.07, 6.45) is 7.05. The number of hydrogen-bond acceptors (Lipinski definition) is 3. The van der Waals surface area contributed by atoms with Gasteiger partial charge in [-0.2, -0.15) is 11.3 Å². The van der Waals surface area contributed by atoms with Crippen molar-refractivity contribution in [3.8, 4) is 0 Å². The highest BCUT2D eigenvalue weighted by molar-refractivity contribution is 14.1.